The van der Waals surface area contributed by atoms with Crippen molar-refractivity contribution in [1.82, 2.24) is 10.2 Å². The molecule has 5 nitrogen and oxygen atoms in total. The normalized spacial score (nSPS) is 18.8. The molecule has 2 fully saturated rings. The topological polar surface area (TPSA) is 52.7 Å². The Hall–Kier alpha value is -2.11. The summed E-state index contributed by atoms with van der Waals surface area (Å²) in [5.74, 6) is -0.527. The molecule has 0 radical (unpaired) electrons. The lowest BCUT2D eigenvalue weighted by Crippen LogP contribution is -2.53. The Bertz CT molecular complexity index is 621. The molecule has 3 rings (SSSR count). The van der Waals surface area contributed by atoms with Crippen molar-refractivity contribution in [1.29, 1.82) is 0 Å². The van der Waals surface area contributed by atoms with E-state index in [2.05, 4.69) is 5.32 Å². The molecular weight excluding hydrogens is 309 g/mol. The summed E-state index contributed by atoms with van der Waals surface area (Å²) in [7, 11) is 0. The average Bonchev–Trinajstić information content (AvgIpc) is 3.08. The van der Waals surface area contributed by atoms with Crippen LogP contribution in [0.5, 0.6) is 0 Å². The minimum Gasteiger partial charge on any atom is -0.366 e. The van der Waals surface area contributed by atoms with Crippen molar-refractivity contribution in [2.24, 2.45) is 0 Å². The molecule has 1 heterocycles. The number of amides is 2. The number of benzene rings is 1. The maximum atomic E-state index is 14.2. The van der Waals surface area contributed by atoms with Gasteiger partial charge in [-0.25, -0.2) is 9.18 Å². The lowest BCUT2D eigenvalue weighted by atomic mass is 10.1. The molecule has 0 atom stereocenters. The molecule has 1 N–H and O–H groups in total. The highest BCUT2D eigenvalue weighted by atomic mass is 19.1. The number of piperazine rings is 1. The van der Waals surface area contributed by atoms with E-state index in [9.17, 15) is 14.0 Å². The van der Waals surface area contributed by atoms with E-state index in [0.29, 0.717) is 43.5 Å². The molecule has 24 heavy (non-hydrogen) atoms. The molecule has 0 spiro atoms. The van der Waals surface area contributed by atoms with Gasteiger partial charge in [0.2, 0.25) is 0 Å². The lowest BCUT2D eigenvalue weighted by molar-refractivity contribution is 0.101. The van der Waals surface area contributed by atoms with Crippen molar-refractivity contribution in [2.45, 2.75) is 38.6 Å². The van der Waals surface area contributed by atoms with Crippen LogP contribution in [0.25, 0.3) is 0 Å². The van der Waals surface area contributed by atoms with E-state index >= 15 is 0 Å². The third-order valence-corrected chi connectivity index (χ3v) is 4.94. The molecule has 1 aromatic rings. The minimum absolute atomic E-state index is 0.00560. The number of carbonyl (C=O) groups is 2. The molecule has 2 amide bonds. The number of ketones is 1. The molecule has 1 aliphatic heterocycles. The number of anilines is 1. The van der Waals surface area contributed by atoms with Gasteiger partial charge in [0.1, 0.15) is 5.82 Å². The maximum absolute atomic E-state index is 14.2. The number of hydrogen-bond donors (Lipinski definition) is 1. The summed E-state index contributed by atoms with van der Waals surface area (Å²) in [6.07, 6.45) is 4.52. The van der Waals surface area contributed by atoms with Crippen molar-refractivity contribution in [3.05, 3.63) is 29.6 Å². The molecular formula is C18H24FN3O2. The summed E-state index contributed by atoms with van der Waals surface area (Å²) in [6, 6.07) is 4.90. The van der Waals surface area contributed by atoms with Crippen LogP contribution in [-0.2, 0) is 0 Å². The molecule has 0 bridgehead atoms. The van der Waals surface area contributed by atoms with E-state index in [0.717, 1.165) is 12.8 Å². The molecule has 1 saturated carbocycles. The lowest BCUT2D eigenvalue weighted by Gasteiger charge is -2.36. The predicted molar refractivity (Wildman–Crippen MR) is 91.0 cm³/mol. The first-order valence-electron chi connectivity index (χ1n) is 8.65. The summed E-state index contributed by atoms with van der Waals surface area (Å²) in [6.45, 7) is 3.76. The fraction of sp³-hybridized carbons (Fsp3) is 0.556. The SMILES string of the molecule is CC(=O)c1ccc(N2CCN(C(=O)NC3CCCC3)CC2)c(F)c1. The van der Waals surface area contributed by atoms with E-state index in [4.69, 9.17) is 0 Å². The van der Waals surface area contributed by atoms with E-state index < -0.39 is 0 Å². The van der Waals surface area contributed by atoms with Crippen molar-refractivity contribution in [3.63, 3.8) is 0 Å². The van der Waals surface area contributed by atoms with Gasteiger partial charge in [0.15, 0.2) is 5.78 Å². The van der Waals surface area contributed by atoms with Crippen LogP contribution in [0.15, 0.2) is 18.2 Å². The highest BCUT2D eigenvalue weighted by Crippen LogP contribution is 2.23. The van der Waals surface area contributed by atoms with Crippen LogP contribution in [0.4, 0.5) is 14.9 Å². The van der Waals surface area contributed by atoms with Gasteiger partial charge in [-0.15, -0.1) is 0 Å². The van der Waals surface area contributed by atoms with Crippen LogP contribution in [0.2, 0.25) is 0 Å². The Balaban J connectivity index is 1.56. The molecule has 0 unspecified atom stereocenters. The van der Waals surface area contributed by atoms with Crippen molar-refractivity contribution in [2.75, 3.05) is 31.1 Å². The van der Waals surface area contributed by atoms with Crippen LogP contribution in [0.1, 0.15) is 43.0 Å². The van der Waals surface area contributed by atoms with E-state index in [1.807, 2.05) is 4.90 Å². The van der Waals surface area contributed by atoms with Crippen molar-refractivity contribution >= 4 is 17.5 Å². The molecule has 1 aromatic carbocycles. The van der Waals surface area contributed by atoms with Crippen LogP contribution >= 0.6 is 0 Å². The molecule has 0 aromatic heterocycles. The third-order valence-electron chi connectivity index (χ3n) is 4.94. The molecule has 6 heteroatoms. The van der Waals surface area contributed by atoms with Crippen LogP contribution in [0, 0.1) is 5.82 Å². The zero-order chi connectivity index (χ0) is 17.1. The smallest absolute Gasteiger partial charge is 0.317 e. The summed E-state index contributed by atoms with van der Waals surface area (Å²) < 4.78 is 14.2. The highest BCUT2D eigenvalue weighted by molar-refractivity contribution is 5.94. The van der Waals surface area contributed by atoms with E-state index in [-0.39, 0.29) is 17.6 Å². The molecule has 2 aliphatic rings. The van der Waals surface area contributed by atoms with Gasteiger partial charge in [-0.05, 0) is 38.0 Å². The quantitative estimate of drug-likeness (QED) is 0.866. The molecule has 130 valence electrons. The number of nitrogens with one attached hydrogen (secondary N) is 1. The zero-order valence-corrected chi connectivity index (χ0v) is 14.1. The maximum Gasteiger partial charge on any atom is 0.317 e. The Kier molecular flexibility index (Phi) is 5.02. The van der Waals surface area contributed by atoms with Crippen molar-refractivity contribution < 1.29 is 14.0 Å². The van der Waals surface area contributed by atoms with Crippen molar-refractivity contribution in [3.8, 4) is 0 Å². The van der Waals surface area contributed by atoms with Crippen LogP contribution in [-0.4, -0.2) is 48.9 Å². The Morgan fingerprint density at radius 3 is 2.38 bits per heavy atom. The van der Waals surface area contributed by atoms with Gasteiger partial charge in [-0.1, -0.05) is 12.8 Å². The summed E-state index contributed by atoms with van der Waals surface area (Å²) in [5, 5.41) is 3.09. The average molecular weight is 333 g/mol. The Morgan fingerprint density at radius 1 is 1.12 bits per heavy atom. The van der Waals surface area contributed by atoms with Gasteiger partial charge in [-0.2, -0.15) is 0 Å². The summed E-state index contributed by atoms with van der Waals surface area (Å²) >= 11 is 0. The van der Waals surface area contributed by atoms with Crippen LogP contribution in [0.3, 0.4) is 0 Å². The summed E-state index contributed by atoms with van der Waals surface area (Å²) in [4.78, 5) is 27.3. The number of hydrogen-bond acceptors (Lipinski definition) is 3. The zero-order valence-electron chi connectivity index (χ0n) is 14.1. The van der Waals surface area contributed by atoms with E-state index in [1.54, 1.807) is 17.0 Å². The largest absolute Gasteiger partial charge is 0.366 e. The molecule has 1 aliphatic carbocycles. The van der Waals surface area contributed by atoms with Gasteiger partial charge in [0.05, 0.1) is 5.69 Å². The molecule has 1 saturated heterocycles. The number of rotatable bonds is 3. The number of Topliss-reactive ketones (excluding diaryl/α,β-unsaturated/α-hetero) is 1. The fourth-order valence-electron chi connectivity index (χ4n) is 3.47. The second-order valence-corrected chi connectivity index (χ2v) is 6.63. The van der Waals surface area contributed by atoms with E-state index in [1.165, 1.54) is 25.8 Å². The van der Waals surface area contributed by atoms with Crippen LogP contribution < -0.4 is 10.2 Å². The monoisotopic (exact) mass is 333 g/mol. The Labute approximate surface area is 141 Å². The predicted octanol–water partition coefficient (Wildman–Crippen LogP) is 2.80. The van der Waals surface area contributed by atoms with Gasteiger partial charge < -0.3 is 15.1 Å². The minimum atomic E-state index is -0.383. The van der Waals surface area contributed by atoms with Gasteiger partial charge in [-0.3, -0.25) is 4.79 Å². The second kappa shape index (κ2) is 7.20. The third kappa shape index (κ3) is 3.68. The number of nitrogens with zero attached hydrogens (tertiary/aromatic N) is 2. The number of carbonyl (C=O) groups excluding carboxylic acids is 2. The first-order chi connectivity index (χ1) is 11.5. The Morgan fingerprint density at radius 2 is 1.79 bits per heavy atom. The highest BCUT2D eigenvalue weighted by Gasteiger charge is 2.25. The first kappa shape index (κ1) is 16.7. The number of urea groups is 1. The number of halogens is 1. The second-order valence-electron chi connectivity index (χ2n) is 6.63. The first-order valence-corrected chi connectivity index (χ1v) is 8.65. The van der Waals surface area contributed by atoms with Gasteiger partial charge in [0, 0.05) is 37.8 Å². The fourth-order valence-corrected chi connectivity index (χ4v) is 3.47. The standard InChI is InChI=1S/C18H24FN3O2/c1-13(23)14-6-7-17(16(19)12-14)21-8-10-22(11-9-21)18(24)20-15-4-2-3-5-15/h6-7,12,15H,2-5,8-11H2,1H3,(H,20,24). The van der Waals surface area contributed by atoms with Gasteiger partial charge in [0.25, 0.3) is 0 Å². The van der Waals surface area contributed by atoms with Gasteiger partial charge >= 0.3 is 6.03 Å². The summed E-state index contributed by atoms with van der Waals surface area (Å²) in [5.41, 5.74) is 0.877.